The molecule has 2 rings (SSSR count). The first-order valence-electron chi connectivity index (χ1n) is 7.36. The van der Waals surface area contributed by atoms with Crippen LogP contribution in [0.2, 0.25) is 0 Å². The van der Waals surface area contributed by atoms with E-state index in [0.29, 0.717) is 11.5 Å². The number of nitro benzene ring substituents is 1. The summed E-state index contributed by atoms with van der Waals surface area (Å²) in [6.07, 6.45) is 0. The Bertz CT molecular complexity index is 497. The van der Waals surface area contributed by atoms with Crippen molar-refractivity contribution in [3.05, 3.63) is 33.9 Å². The van der Waals surface area contributed by atoms with Gasteiger partial charge in [-0.05, 0) is 12.0 Å². The summed E-state index contributed by atoms with van der Waals surface area (Å²) in [5, 5.41) is 20.3. The topological polar surface area (TPSA) is 69.9 Å². The van der Waals surface area contributed by atoms with Gasteiger partial charge in [-0.2, -0.15) is 0 Å². The summed E-state index contributed by atoms with van der Waals surface area (Å²) in [4.78, 5) is 15.0. The van der Waals surface area contributed by atoms with E-state index in [1.165, 1.54) is 12.1 Å². The van der Waals surface area contributed by atoms with Crippen LogP contribution in [-0.4, -0.2) is 47.7 Å². The summed E-state index contributed by atoms with van der Waals surface area (Å²) in [6.45, 7) is 9.10. The summed E-state index contributed by atoms with van der Waals surface area (Å²) in [5.74, 6) is 0.656. The predicted molar refractivity (Wildman–Crippen MR) is 82.5 cm³/mol. The molecule has 0 aliphatic carbocycles. The first kappa shape index (κ1) is 15.7. The Labute approximate surface area is 125 Å². The molecule has 0 aromatic heterocycles. The molecule has 0 amide bonds. The first-order valence-corrected chi connectivity index (χ1v) is 7.36. The molecule has 1 aromatic carbocycles. The number of hydrogen-bond acceptors (Lipinski definition) is 5. The lowest BCUT2D eigenvalue weighted by Crippen LogP contribution is -2.47. The standard InChI is InChI=1S/C15H23N3O3/c1-12(2)10-16-5-7-17(8-6-16)15-4-3-14(18(20)21)9-13(15)11-19/h3-4,9,12,19H,5-8,10-11H2,1-2H3. The van der Waals surface area contributed by atoms with Crippen LogP contribution < -0.4 is 4.90 Å². The van der Waals surface area contributed by atoms with Crippen molar-refractivity contribution in [1.82, 2.24) is 4.90 Å². The molecule has 1 heterocycles. The van der Waals surface area contributed by atoms with Crippen LogP contribution >= 0.6 is 0 Å². The zero-order valence-corrected chi connectivity index (χ0v) is 12.7. The number of nitro groups is 1. The molecule has 1 N–H and O–H groups in total. The molecule has 21 heavy (non-hydrogen) atoms. The maximum absolute atomic E-state index is 10.8. The fraction of sp³-hybridized carbons (Fsp3) is 0.600. The average molecular weight is 293 g/mol. The molecule has 6 heteroatoms. The van der Waals surface area contributed by atoms with Crippen LogP contribution in [0.1, 0.15) is 19.4 Å². The Morgan fingerprint density at radius 3 is 2.48 bits per heavy atom. The molecule has 0 atom stereocenters. The highest BCUT2D eigenvalue weighted by Crippen LogP contribution is 2.26. The Morgan fingerprint density at radius 2 is 1.95 bits per heavy atom. The normalized spacial score (nSPS) is 16.5. The van der Waals surface area contributed by atoms with Crippen molar-refractivity contribution in [2.75, 3.05) is 37.6 Å². The molecule has 1 aliphatic rings. The lowest BCUT2D eigenvalue weighted by Gasteiger charge is -2.37. The van der Waals surface area contributed by atoms with E-state index in [1.54, 1.807) is 6.07 Å². The van der Waals surface area contributed by atoms with Gasteiger partial charge >= 0.3 is 0 Å². The van der Waals surface area contributed by atoms with Gasteiger partial charge in [0.2, 0.25) is 0 Å². The van der Waals surface area contributed by atoms with Crippen molar-refractivity contribution in [2.24, 2.45) is 5.92 Å². The summed E-state index contributed by atoms with van der Waals surface area (Å²) < 4.78 is 0. The first-order chi connectivity index (χ1) is 10.0. The van der Waals surface area contributed by atoms with Gasteiger partial charge in [0.25, 0.3) is 5.69 Å². The molecule has 1 fully saturated rings. The highest BCUT2D eigenvalue weighted by molar-refractivity contribution is 5.58. The number of hydrogen-bond donors (Lipinski definition) is 1. The molecule has 0 radical (unpaired) electrons. The molecule has 6 nitrogen and oxygen atoms in total. The maximum atomic E-state index is 10.8. The lowest BCUT2D eigenvalue weighted by atomic mass is 10.1. The average Bonchev–Trinajstić information content (AvgIpc) is 2.46. The molecule has 0 unspecified atom stereocenters. The SMILES string of the molecule is CC(C)CN1CCN(c2ccc([N+](=O)[O-])cc2CO)CC1. The number of non-ortho nitro benzene ring substituents is 1. The van der Waals surface area contributed by atoms with Crippen LogP contribution in [0.5, 0.6) is 0 Å². The summed E-state index contributed by atoms with van der Waals surface area (Å²) in [5.41, 5.74) is 1.56. The smallest absolute Gasteiger partial charge is 0.269 e. The van der Waals surface area contributed by atoms with Gasteiger partial charge in [-0.3, -0.25) is 15.0 Å². The number of benzene rings is 1. The van der Waals surface area contributed by atoms with Crippen molar-refractivity contribution < 1.29 is 10.0 Å². The highest BCUT2D eigenvalue weighted by Gasteiger charge is 2.20. The summed E-state index contributed by atoms with van der Waals surface area (Å²) >= 11 is 0. The number of aliphatic hydroxyl groups is 1. The van der Waals surface area contributed by atoms with E-state index in [0.717, 1.165) is 38.4 Å². The molecular weight excluding hydrogens is 270 g/mol. The van der Waals surface area contributed by atoms with E-state index in [-0.39, 0.29) is 12.3 Å². The largest absolute Gasteiger partial charge is 0.392 e. The summed E-state index contributed by atoms with van der Waals surface area (Å²) in [7, 11) is 0. The van der Waals surface area contributed by atoms with Crippen molar-refractivity contribution >= 4 is 11.4 Å². The molecular formula is C15H23N3O3. The van der Waals surface area contributed by atoms with Crippen molar-refractivity contribution in [3.63, 3.8) is 0 Å². The second-order valence-electron chi connectivity index (χ2n) is 5.91. The van der Waals surface area contributed by atoms with Gasteiger partial charge < -0.3 is 10.0 Å². The second-order valence-corrected chi connectivity index (χ2v) is 5.91. The molecule has 116 valence electrons. The number of anilines is 1. The van der Waals surface area contributed by atoms with E-state index in [2.05, 4.69) is 23.6 Å². The zero-order valence-electron chi connectivity index (χ0n) is 12.7. The Hall–Kier alpha value is -1.66. The van der Waals surface area contributed by atoms with E-state index in [9.17, 15) is 15.2 Å². The Morgan fingerprint density at radius 1 is 1.29 bits per heavy atom. The monoisotopic (exact) mass is 293 g/mol. The van der Waals surface area contributed by atoms with Gasteiger partial charge in [0.1, 0.15) is 0 Å². The van der Waals surface area contributed by atoms with E-state index >= 15 is 0 Å². The van der Waals surface area contributed by atoms with Crippen LogP contribution in [0.3, 0.4) is 0 Å². The van der Waals surface area contributed by atoms with Gasteiger partial charge in [0.05, 0.1) is 11.5 Å². The molecule has 0 bridgehead atoms. The highest BCUT2D eigenvalue weighted by atomic mass is 16.6. The predicted octanol–water partition coefficient (Wildman–Crippen LogP) is 1.87. The van der Waals surface area contributed by atoms with Gasteiger partial charge in [-0.15, -0.1) is 0 Å². The number of nitrogens with zero attached hydrogens (tertiary/aromatic N) is 3. The Kier molecular flexibility index (Phi) is 5.14. The third-order valence-corrected chi connectivity index (χ3v) is 3.78. The van der Waals surface area contributed by atoms with Crippen LogP contribution in [0.25, 0.3) is 0 Å². The Balaban J connectivity index is 2.07. The fourth-order valence-corrected chi connectivity index (χ4v) is 2.81. The molecule has 1 saturated heterocycles. The molecule has 1 aromatic rings. The van der Waals surface area contributed by atoms with Crippen LogP contribution in [0, 0.1) is 16.0 Å². The molecule has 1 aliphatic heterocycles. The molecule has 0 saturated carbocycles. The maximum Gasteiger partial charge on any atom is 0.269 e. The number of piperazine rings is 1. The van der Waals surface area contributed by atoms with Gasteiger partial charge in [0, 0.05) is 56.1 Å². The van der Waals surface area contributed by atoms with Gasteiger partial charge in [-0.1, -0.05) is 13.8 Å². The number of rotatable bonds is 5. The second kappa shape index (κ2) is 6.87. The van der Waals surface area contributed by atoms with Gasteiger partial charge in [0.15, 0.2) is 0 Å². The minimum Gasteiger partial charge on any atom is -0.392 e. The third kappa shape index (κ3) is 3.92. The summed E-state index contributed by atoms with van der Waals surface area (Å²) in [6, 6.07) is 4.73. The van der Waals surface area contributed by atoms with Gasteiger partial charge in [-0.25, -0.2) is 0 Å². The fourth-order valence-electron chi connectivity index (χ4n) is 2.81. The third-order valence-electron chi connectivity index (χ3n) is 3.78. The zero-order chi connectivity index (χ0) is 15.4. The lowest BCUT2D eigenvalue weighted by molar-refractivity contribution is -0.384. The van der Waals surface area contributed by atoms with Crippen molar-refractivity contribution in [3.8, 4) is 0 Å². The van der Waals surface area contributed by atoms with Crippen LogP contribution in [0.4, 0.5) is 11.4 Å². The van der Waals surface area contributed by atoms with Crippen LogP contribution in [-0.2, 0) is 6.61 Å². The van der Waals surface area contributed by atoms with Crippen molar-refractivity contribution in [1.29, 1.82) is 0 Å². The van der Waals surface area contributed by atoms with Crippen molar-refractivity contribution in [2.45, 2.75) is 20.5 Å². The number of aliphatic hydroxyl groups excluding tert-OH is 1. The van der Waals surface area contributed by atoms with E-state index in [1.807, 2.05) is 0 Å². The van der Waals surface area contributed by atoms with E-state index < -0.39 is 4.92 Å². The van der Waals surface area contributed by atoms with Crippen LogP contribution in [0.15, 0.2) is 18.2 Å². The quantitative estimate of drug-likeness (QED) is 0.663. The minimum absolute atomic E-state index is 0.0289. The molecule has 0 spiro atoms. The van der Waals surface area contributed by atoms with E-state index in [4.69, 9.17) is 0 Å². The minimum atomic E-state index is -0.427.